The molecule has 110 valence electrons. The van der Waals surface area contributed by atoms with Crippen LogP contribution in [0.3, 0.4) is 0 Å². The van der Waals surface area contributed by atoms with E-state index in [4.69, 9.17) is 5.73 Å². The first-order valence-electron chi connectivity index (χ1n) is 7.27. The Morgan fingerprint density at radius 3 is 2.63 bits per heavy atom. The first-order valence-corrected chi connectivity index (χ1v) is 7.27. The Hall–Kier alpha value is -0.870. The largest absolute Gasteiger partial charge is 0.330 e. The van der Waals surface area contributed by atoms with Crippen LogP contribution in [0.5, 0.6) is 0 Å². The van der Waals surface area contributed by atoms with Gasteiger partial charge in [0.2, 0.25) is 5.91 Å². The van der Waals surface area contributed by atoms with Crippen LogP contribution in [0.2, 0.25) is 0 Å². The summed E-state index contributed by atoms with van der Waals surface area (Å²) in [6.07, 6.45) is 5.48. The first-order chi connectivity index (χ1) is 8.89. The van der Waals surface area contributed by atoms with E-state index >= 15 is 0 Å². The van der Waals surface area contributed by atoms with Gasteiger partial charge in [0.05, 0.1) is 6.54 Å². The highest BCUT2D eigenvalue weighted by Gasteiger charge is 2.23. The van der Waals surface area contributed by atoms with E-state index in [1.54, 1.807) is 0 Å². The summed E-state index contributed by atoms with van der Waals surface area (Å²) in [7, 11) is 1.89. The number of allylic oxidation sites excluding steroid dienone is 2. The second-order valence-corrected chi connectivity index (χ2v) is 6.21. The lowest BCUT2D eigenvalue weighted by atomic mass is 9.93. The van der Waals surface area contributed by atoms with Gasteiger partial charge in [0, 0.05) is 19.3 Å². The van der Waals surface area contributed by atoms with E-state index in [0.717, 1.165) is 25.9 Å². The molecule has 0 fully saturated rings. The molecule has 0 heterocycles. The van der Waals surface area contributed by atoms with Gasteiger partial charge in [0.1, 0.15) is 0 Å². The average Bonchev–Trinajstić information content (AvgIpc) is 2.90. The van der Waals surface area contributed by atoms with Crippen LogP contribution in [-0.4, -0.2) is 48.9 Å². The number of nitrogens with two attached hydrogens (primary N) is 1. The molecule has 1 amide bonds. The third-order valence-electron chi connectivity index (χ3n) is 3.83. The van der Waals surface area contributed by atoms with Crippen molar-refractivity contribution < 1.29 is 4.79 Å². The van der Waals surface area contributed by atoms with Crippen molar-refractivity contribution in [2.75, 3.05) is 33.2 Å². The summed E-state index contributed by atoms with van der Waals surface area (Å²) in [4.78, 5) is 16.3. The number of likely N-dealkylation sites (N-methyl/N-ethyl adjacent to an activating group) is 2. The van der Waals surface area contributed by atoms with E-state index < -0.39 is 0 Å². The second kappa shape index (κ2) is 7.06. The summed E-state index contributed by atoms with van der Waals surface area (Å²) < 4.78 is 0. The molecule has 0 saturated heterocycles. The maximum Gasteiger partial charge on any atom is 0.240 e. The van der Waals surface area contributed by atoms with Crippen LogP contribution in [0.15, 0.2) is 11.8 Å². The first kappa shape index (κ1) is 16.2. The van der Waals surface area contributed by atoms with E-state index in [9.17, 15) is 4.79 Å². The fourth-order valence-electron chi connectivity index (χ4n) is 2.37. The van der Waals surface area contributed by atoms with Crippen LogP contribution in [0, 0.1) is 5.41 Å². The Bertz CT molecular complexity index is 336. The Morgan fingerprint density at radius 1 is 1.47 bits per heavy atom. The molecule has 0 aromatic heterocycles. The number of hydrogen-bond acceptors (Lipinski definition) is 3. The number of hydrogen-bond donors (Lipinski definition) is 1. The molecule has 0 aromatic rings. The molecule has 2 N–H and O–H groups in total. The van der Waals surface area contributed by atoms with E-state index in [1.165, 1.54) is 12.1 Å². The zero-order chi connectivity index (χ0) is 14.5. The van der Waals surface area contributed by atoms with E-state index in [1.807, 2.05) is 11.9 Å². The van der Waals surface area contributed by atoms with E-state index in [2.05, 4.69) is 31.7 Å². The van der Waals surface area contributed by atoms with Gasteiger partial charge in [-0.1, -0.05) is 26.8 Å². The van der Waals surface area contributed by atoms with Crippen molar-refractivity contribution in [1.29, 1.82) is 0 Å². The summed E-state index contributed by atoms with van der Waals surface area (Å²) in [6, 6.07) is 0. The highest BCUT2D eigenvalue weighted by molar-refractivity contribution is 5.79. The van der Waals surface area contributed by atoms with Gasteiger partial charge in [-0.15, -0.1) is 0 Å². The van der Waals surface area contributed by atoms with Crippen LogP contribution in [0.1, 0.15) is 40.0 Å². The van der Waals surface area contributed by atoms with Crippen LogP contribution >= 0.6 is 0 Å². The summed E-state index contributed by atoms with van der Waals surface area (Å²) >= 11 is 0. The lowest BCUT2D eigenvalue weighted by Crippen LogP contribution is -2.44. The van der Waals surface area contributed by atoms with Crippen molar-refractivity contribution in [3.8, 4) is 0 Å². The van der Waals surface area contributed by atoms with Gasteiger partial charge in [-0.05, 0) is 37.8 Å². The SMILES string of the molecule is CCN(CC(=O)N(C)C1=CCCC1)CC(C)(C)CN. The maximum absolute atomic E-state index is 12.3. The molecule has 1 aliphatic carbocycles. The summed E-state index contributed by atoms with van der Waals surface area (Å²) in [5.41, 5.74) is 7.01. The average molecular weight is 267 g/mol. The van der Waals surface area contributed by atoms with Crippen molar-refractivity contribution in [2.45, 2.75) is 40.0 Å². The molecule has 19 heavy (non-hydrogen) atoms. The normalized spacial score (nSPS) is 15.8. The predicted molar refractivity (Wildman–Crippen MR) is 79.7 cm³/mol. The quantitative estimate of drug-likeness (QED) is 0.765. The maximum atomic E-state index is 12.3. The minimum Gasteiger partial charge on any atom is -0.330 e. The highest BCUT2D eigenvalue weighted by Crippen LogP contribution is 2.21. The van der Waals surface area contributed by atoms with Crippen LogP contribution < -0.4 is 5.73 Å². The topological polar surface area (TPSA) is 49.6 Å². The smallest absolute Gasteiger partial charge is 0.240 e. The molecule has 0 aromatic carbocycles. The van der Waals surface area contributed by atoms with Gasteiger partial charge >= 0.3 is 0 Å². The van der Waals surface area contributed by atoms with Crippen LogP contribution in [0.4, 0.5) is 0 Å². The van der Waals surface area contributed by atoms with Gasteiger partial charge in [0.15, 0.2) is 0 Å². The van der Waals surface area contributed by atoms with Crippen LogP contribution in [-0.2, 0) is 4.79 Å². The lowest BCUT2D eigenvalue weighted by Gasteiger charge is -2.31. The van der Waals surface area contributed by atoms with Crippen molar-refractivity contribution in [1.82, 2.24) is 9.80 Å². The molecule has 0 bridgehead atoms. The van der Waals surface area contributed by atoms with E-state index in [-0.39, 0.29) is 11.3 Å². The molecule has 0 unspecified atom stereocenters. The fraction of sp³-hybridized carbons (Fsp3) is 0.800. The third kappa shape index (κ3) is 4.96. The van der Waals surface area contributed by atoms with Crippen molar-refractivity contribution in [3.63, 3.8) is 0 Å². The number of rotatable bonds is 7. The summed E-state index contributed by atoms with van der Waals surface area (Å²) in [5.74, 6) is 0.183. The molecule has 1 rings (SSSR count). The van der Waals surface area contributed by atoms with Crippen molar-refractivity contribution in [2.24, 2.45) is 11.1 Å². The van der Waals surface area contributed by atoms with Crippen molar-refractivity contribution in [3.05, 3.63) is 11.8 Å². The molecule has 0 saturated carbocycles. The Morgan fingerprint density at radius 2 is 2.16 bits per heavy atom. The fourth-order valence-corrected chi connectivity index (χ4v) is 2.37. The zero-order valence-electron chi connectivity index (χ0n) is 12.9. The minimum absolute atomic E-state index is 0.0570. The molecule has 0 radical (unpaired) electrons. The Balaban J connectivity index is 2.53. The van der Waals surface area contributed by atoms with Gasteiger partial charge in [0.25, 0.3) is 0 Å². The second-order valence-electron chi connectivity index (χ2n) is 6.21. The lowest BCUT2D eigenvalue weighted by molar-refractivity contribution is -0.129. The number of nitrogens with zero attached hydrogens (tertiary/aromatic N) is 2. The van der Waals surface area contributed by atoms with Gasteiger partial charge in [-0.3, -0.25) is 9.69 Å². The number of carbonyl (C=O) groups excluding carboxylic acids is 1. The van der Waals surface area contributed by atoms with Crippen molar-refractivity contribution >= 4 is 5.91 Å². The molecular weight excluding hydrogens is 238 g/mol. The summed E-state index contributed by atoms with van der Waals surface area (Å²) in [6.45, 7) is 9.23. The van der Waals surface area contributed by atoms with Gasteiger partial charge in [-0.25, -0.2) is 0 Å². The molecule has 4 nitrogen and oxygen atoms in total. The van der Waals surface area contributed by atoms with Gasteiger partial charge < -0.3 is 10.6 Å². The number of carbonyl (C=O) groups is 1. The Kier molecular flexibility index (Phi) is 6.01. The highest BCUT2D eigenvalue weighted by atomic mass is 16.2. The predicted octanol–water partition coefficient (Wildman–Crippen LogP) is 1.82. The molecule has 0 atom stereocenters. The molecule has 0 aliphatic heterocycles. The summed E-state index contributed by atoms with van der Waals surface area (Å²) in [5, 5.41) is 0. The minimum atomic E-state index is 0.0570. The monoisotopic (exact) mass is 267 g/mol. The molecule has 0 spiro atoms. The van der Waals surface area contributed by atoms with Crippen LogP contribution in [0.25, 0.3) is 0 Å². The van der Waals surface area contributed by atoms with E-state index in [0.29, 0.717) is 13.1 Å². The standard InChI is InChI=1S/C15H29N3O/c1-5-18(12-15(2,3)11-16)10-14(19)17(4)13-8-6-7-9-13/h8H,5-7,9-12,16H2,1-4H3. The zero-order valence-corrected chi connectivity index (χ0v) is 12.9. The molecule has 1 aliphatic rings. The Labute approximate surface area is 117 Å². The van der Waals surface area contributed by atoms with Gasteiger partial charge in [-0.2, -0.15) is 0 Å². The third-order valence-corrected chi connectivity index (χ3v) is 3.83. The molecule has 4 heteroatoms. The molecular formula is C15H29N3O. The number of amides is 1.